The van der Waals surface area contributed by atoms with E-state index in [2.05, 4.69) is 6.92 Å². The van der Waals surface area contributed by atoms with Crippen LogP contribution < -0.4 is 0 Å². The monoisotopic (exact) mass is 253 g/mol. The normalized spacial score (nSPS) is 16.7. The van der Waals surface area contributed by atoms with Crippen molar-refractivity contribution < 1.29 is 8.42 Å². The van der Waals surface area contributed by atoms with Gasteiger partial charge in [-0.2, -0.15) is 0 Å². The minimum absolute atomic E-state index is 0.331. The highest BCUT2D eigenvalue weighted by Crippen LogP contribution is 2.34. The molecule has 0 saturated carbocycles. The van der Waals surface area contributed by atoms with E-state index in [9.17, 15) is 8.42 Å². The molecule has 0 aliphatic carbocycles. The summed E-state index contributed by atoms with van der Waals surface area (Å²) in [6, 6.07) is 9.83. The largest absolute Gasteiger partial charge is 0.232 e. The summed E-state index contributed by atoms with van der Waals surface area (Å²) in [5.41, 5.74) is 0.680. The van der Waals surface area contributed by atoms with Gasteiger partial charge in [0.05, 0.1) is 5.25 Å². The molecular formula is C14H21O2S. The molecule has 0 saturated heterocycles. The predicted octanol–water partition coefficient (Wildman–Crippen LogP) is 2.95. The predicted molar refractivity (Wildman–Crippen MR) is 72.8 cm³/mol. The van der Waals surface area contributed by atoms with Crippen LogP contribution in [0.5, 0.6) is 0 Å². The van der Waals surface area contributed by atoms with Gasteiger partial charge in [0, 0.05) is 5.41 Å². The molecule has 0 bridgehead atoms. The summed E-state index contributed by atoms with van der Waals surface area (Å²) in [6.07, 6.45) is 2.15. The summed E-state index contributed by atoms with van der Waals surface area (Å²) in [4.78, 5) is 0. The third kappa shape index (κ3) is 3.09. The van der Waals surface area contributed by atoms with E-state index in [1.54, 1.807) is 0 Å². The molecule has 17 heavy (non-hydrogen) atoms. The first kappa shape index (κ1) is 14.2. The van der Waals surface area contributed by atoms with Crippen molar-refractivity contribution in [3.63, 3.8) is 0 Å². The highest BCUT2D eigenvalue weighted by molar-refractivity contribution is 7.73. The van der Waals surface area contributed by atoms with Gasteiger partial charge in [0.15, 0.2) is 0 Å². The summed E-state index contributed by atoms with van der Waals surface area (Å²) in [6.45, 7) is 7.97. The third-order valence-corrected chi connectivity index (χ3v) is 4.84. The highest BCUT2D eigenvalue weighted by atomic mass is 32.2. The van der Waals surface area contributed by atoms with Crippen molar-refractivity contribution in [3.05, 3.63) is 42.8 Å². The fourth-order valence-electron chi connectivity index (χ4n) is 2.25. The van der Waals surface area contributed by atoms with Crippen molar-refractivity contribution in [1.29, 1.82) is 0 Å². The van der Waals surface area contributed by atoms with Crippen molar-refractivity contribution in [2.45, 2.75) is 43.8 Å². The first-order chi connectivity index (χ1) is 8.06. The summed E-state index contributed by atoms with van der Waals surface area (Å²) >= 11 is 0. The van der Waals surface area contributed by atoms with E-state index in [0.29, 0.717) is 12.8 Å². The quantitative estimate of drug-likeness (QED) is 0.791. The van der Waals surface area contributed by atoms with Gasteiger partial charge in [0.25, 0.3) is 0 Å². The first-order valence-electron chi connectivity index (χ1n) is 6.04. The molecule has 1 rings (SSSR count). The Morgan fingerprint density at radius 2 is 1.88 bits per heavy atom. The molecule has 1 aromatic rings. The Morgan fingerprint density at radius 3 is 2.29 bits per heavy atom. The molecule has 2 atom stereocenters. The second-order valence-electron chi connectivity index (χ2n) is 4.62. The zero-order valence-electron chi connectivity index (χ0n) is 10.6. The number of hydrogen-bond acceptors (Lipinski definition) is 2. The highest BCUT2D eigenvalue weighted by Gasteiger charge is 2.35. The lowest BCUT2D eigenvalue weighted by molar-refractivity contribution is 0.418. The number of rotatable bonds is 6. The van der Waals surface area contributed by atoms with E-state index < -0.39 is 10.7 Å². The molecule has 1 radical (unpaired) electrons. The summed E-state index contributed by atoms with van der Waals surface area (Å²) in [7, 11) is -2.43. The van der Waals surface area contributed by atoms with Crippen molar-refractivity contribution in [2.75, 3.05) is 0 Å². The zero-order chi connectivity index (χ0) is 12.9. The van der Waals surface area contributed by atoms with Gasteiger partial charge in [-0.05, 0) is 18.4 Å². The number of thiol groups is 1. The molecule has 2 nitrogen and oxygen atoms in total. The molecule has 0 heterocycles. The maximum absolute atomic E-state index is 11.5. The molecular weight excluding hydrogens is 232 g/mol. The minimum atomic E-state index is -2.43. The molecule has 0 aromatic heterocycles. The van der Waals surface area contributed by atoms with Crippen molar-refractivity contribution in [3.8, 4) is 0 Å². The molecule has 0 aliphatic heterocycles. The SMILES string of the molecule is [CH2]CC(C)(c1ccccc1)C(CCC)[SH](=O)=O. The van der Waals surface area contributed by atoms with Gasteiger partial charge >= 0.3 is 0 Å². The summed E-state index contributed by atoms with van der Waals surface area (Å²) in [5.74, 6) is 0. The van der Waals surface area contributed by atoms with Crippen LogP contribution >= 0.6 is 0 Å². The van der Waals surface area contributed by atoms with E-state index in [4.69, 9.17) is 0 Å². The van der Waals surface area contributed by atoms with Gasteiger partial charge in [-0.25, -0.2) is 8.42 Å². The van der Waals surface area contributed by atoms with Crippen LogP contribution in [-0.2, 0) is 16.1 Å². The second-order valence-corrected chi connectivity index (χ2v) is 5.82. The Hall–Kier alpha value is -0.830. The lowest BCUT2D eigenvalue weighted by Crippen LogP contribution is -2.37. The van der Waals surface area contributed by atoms with Gasteiger partial charge in [-0.3, -0.25) is 0 Å². The van der Waals surface area contributed by atoms with Crippen LogP contribution in [-0.4, -0.2) is 13.7 Å². The fourth-order valence-corrected chi connectivity index (χ4v) is 3.46. The molecule has 0 N–H and O–H groups in total. The van der Waals surface area contributed by atoms with Gasteiger partial charge in [0.2, 0.25) is 0 Å². The maximum atomic E-state index is 11.5. The second kappa shape index (κ2) is 6.20. The molecule has 0 amide bonds. The van der Waals surface area contributed by atoms with Gasteiger partial charge < -0.3 is 0 Å². The maximum Gasteiger partial charge on any atom is 0.143 e. The van der Waals surface area contributed by atoms with E-state index in [-0.39, 0.29) is 10.7 Å². The van der Waals surface area contributed by atoms with Crippen molar-refractivity contribution in [2.24, 2.45) is 0 Å². The Balaban J connectivity index is 3.17. The van der Waals surface area contributed by atoms with Crippen LogP contribution in [0.15, 0.2) is 30.3 Å². The van der Waals surface area contributed by atoms with Gasteiger partial charge in [0.1, 0.15) is 10.7 Å². The third-order valence-electron chi connectivity index (χ3n) is 3.50. The van der Waals surface area contributed by atoms with E-state index in [1.165, 1.54) is 0 Å². The van der Waals surface area contributed by atoms with Crippen LogP contribution in [0.2, 0.25) is 0 Å². The fraction of sp³-hybridized carbons (Fsp3) is 0.500. The molecule has 0 fully saturated rings. The Kier molecular flexibility index (Phi) is 5.19. The van der Waals surface area contributed by atoms with Crippen LogP contribution in [0.25, 0.3) is 0 Å². The summed E-state index contributed by atoms with van der Waals surface area (Å²) in [5, 5.41) is -0.331. The summed E-state index contributed by atoms with van der Waals surface area (Å²) < 4.78 is 23.0. The Morgan fingerprint density at radius 1 is 1.29 bits per heavy atom. The molecule has 3 heteroatoms. The van der Waals surface area contributed by atoms with Crippen LogP contribution in [0, 0.1) is 6.92 Å². The number of benzene rings is 1. The molecule has 2 unspecified atom stereocenters. The average molecular weight is 253 g/mol. The number of hydrogen-bond donors (Lipinski definition) is 1. The molecule has 1 aromatic carbocycles. The van der Waals surface area contributed by atoms with E-state index in [1.807, 2.05) is 44.2 Å². The van der Waals surface area contributed by atoms with E-state index in [0.717, 1.165) is 12.0 Å². The molecule has 95 valence electrons. The Bertz CT molecular complexity index is 403. The standard InChI is InChI=1S/C14H21O2S/c1-4-9-13(17(15)16)14(3,5-2)12-10-7-6-8-11-12/h6-8,10-11,13,17H,2,4-5,9H2,1,3H3. The topological polar surface area (TPSA) is 34.1 Å². The molecule has 0 spiro atoms. The van der Waals surface area contributed by atoms with Crippen molar-refractivity contribution in [1.82, 2.24) is 0 Å². The lowest BCUT2D eigenvalue weighted by atomic mass is 9.75. The van der Waals surface area contributed by atoms with Crippen LogP contribution in [0.3, 0.4) is 0 Å². The lowest BCUT2D eigenvalue weighted by Gasteiger charge is -2.34. The van der Waals surface area contributed by atoms with E-state index >= 15 is 0 Å². The first-order valence-corrected chi connectivity index (χ1v) is 7.29. The van der Waals surface area contributed by atoms with Crippen LogP contribution in [0.4, 0.5) is 0 Å². The van der Waals surface area contributed by atoms with Crippen LogP contribution in [0.1, 0.15) is 38.7 Å². The van der Waals surface area contributed by atoms with Gasteiger partial charge in [-0.1, -0.05) is 57.5 Å². The molecule has 0 aliphatic rings. The zero-order valence-corrected chi connectivity index (χ0v) is 11.5. The minimum Gasteiger partial charge on any atom is -0.232 e. The smallest absolute Gasteiger partial charge is 0.143 e. The Labute approximate surface area is 106 Å². The average Bonchev–Trinajstić information content (AvgIpc) is 2.35. The van der Waals surface area contributed by atoms with Crippen molar-refractivity contribution >= 4 is 10.7 Å². The van der Waals surface area contributed by atoms with Gasteiger partial charge in [-0.15, -0.1) is 0 Å².